The van der Waals surface area contributed by atoms with Crippen LogP contribution in [0, 0.1) is 0 Å². The molecule has 1 rings (SSSR count). The van der Waals surface area contributed by atoms with Crippen LogP contribution in [0.3, 0.4) is 0 Å². The Morgan fingerprint density at radius 1 is 1.40 bits per heavy atom. The molecule has 1 unspecified atom stereocenters. The monoisotopic (exact) mass is 283 g/mol. The van der Waals surface area contributed by atoms with E-state index in [1.807, 2.05) is 30.0 Å². The van der Waals surface area contributed by atoms with Gasteiger partial charge in [-0.15, -0.1) is 0 Å². The number of ether oxygens (including phenoxy) is 2. The number of carbonyl (C=O) groups is 1. The molecule has 20 heavy (non-hydrogen) atoms. The van der Waals surface area contributed by atoms with Crippen molar-refractivity contribution < 1.29 is 14.3 Å². The minimum atomic E-state index is -0.0101. The summed E-state index contributed by atoms with van der Waals surface area (Å²) in [6, 6.07) is 2.03. The van der Waals surface area contributed by atoms with Gasteiger partial charge in [0.25, 0.3) is 0 Å². The molecule has 0 bridgehead atoms. The van der Waals surface area contributed by atoms with Crippen molar-refractivity contribution in [1.29, 1.82) is 0 Å². The van der Waals surface area contributed by atoms with E-state index in [-0.39, 0.29) is 11.9 Å². The minimum Gasteiger partial charge on any atom is -0.383 e. The summed E-state index contributed by atoms with van der Waals surface area (Å²) in [6.45, 7) is 5.05. The fourth-order valence-electron chi connectivity index (χ4n) is 1.88. The zero-order chi connectivity index (χ0) is 14.8. The lowest BCUT2D eigenvalue weighted by Crippen LogP contribution is -2.37. The van der Waals surface area contributed by atoms with Crippen molar-refractivity contribution in [2.75, 3.05) is 34.0 Å². The highest BCUT2D eigenvalue weighted by Gasteiger charge is 2.07. The summed E-state index contributed by atoms with van der Waals surface area (Å²) in [5.41, 5.74) is 1.15. The van der Waals surface area contributed by atoms with Gasteiger partial charge in [-0.25, -0.2) is 0 Å². The summed E-state index contributed by atoms with van der Waals surface area (Å²) in [6.07, 6.45) is 3.88. The molecule has 1 amide bonds. The molecule has 114 valence electrons. The molecule has 6 nitrogen and oxygen atoms in total. The van der Waals surface area contributed by atoms with E-state index in [2.05, 4.69) is 10.6 Å². The Kier molecular flexibility index (Phi) is 7.94. The smallest absolute Gasteiger partial charge is 0.240 e. The van der Waals surface area contributed by atoms with E-state index in [0.29, 0.717) is 19.8 Å². The van der Waals surface area contributed by atoms with Crippen LogP contribution in [0.2, 0.25) is 0 Å². The number of aromatic nitrogens is 1. The fourth-order valence-corrected chi connectivity index (χ4v) is 1.88. The summed E-state index contributed by atoms with van der Waals surface area (Å²) >= 11 is 0. The molecule has 0 radical (unpaired) electrons. The predicted molar refractivity (Wildman–Crippen MR) is 77.5 cm³/mol. The van der Waals surface area contributed by atoms with Gasteiger partial charge in [0.15, 0.2) is 0 Å². The summed E-state index contributed by atoms with van der Waals surface area (Å²) in [7, 11) is 3.30. The van der Waals surface area contributed by atoms with Crippen LogP contribution in [-0.2, 0) is 27.4 Å². The van der Waals surface area contributed by atoms with Gasteiger partial charge < -0.3 is 24.7 Å². The lowest BCUT2D eigenvalue weighted by molar-refractivity contribution is -0.122. The van der Waals surface area contributed by atoms with Gasteiger partial charge in [0, 0.05) is 45.7 Å². The number of carbonyl (C=O) groups excluding carboxylic acids is 1. The second-order valence-corrected chi connectivity index (χ2v) is 4.79. The Morgan fingerprint density at radius 2 is 2.20 bits per heavy atom. The van der Waals surface area contributed by atoms with Crippen molar-refractivity contribution in [2.45, 2.75) is 26.1 Å². The molecule has 1 heterocycles. The van der Waals surface area contributed by atoms with Crippen molar-refractivity contribution in [3.05, 3.63) is 24.0 Å². The molecule has 2 N–H and O–H groups in total. The molecular formula is C14H25N3O3. The van der Waals surface area contributed by atoms with E-state index in [9.17, 15) is 4.79 Å². The van der Waals surface area contributed by atoms with Crippen LogP contribution >= 0.6 is 0 Å². The maximum atomic E-state index is 11.8. The fraction of sp³-hybridized carbons (Fsp3) is 0.643. The molecule has 0 aliphatic heterocycles. The second kappa shape index (κ2) is 9.52. The van der Waals surface area contributed by atoms with E-state index >= 15 is 0 Å². The first-order chi connectivity index (χ1) is 9.65. The number of rotatable bonds is 10. The average Bonchev–Trinajstić information content (AvgIpc) is 2.82. The minimum absolute atomic E-state index is 0.0101. The molecule has 0 fully saturated rings. The van der Waals surface area contributed by atoms with Crippen LogP contribution in [0.15, 0.2) is 18.5 Å². The highest BCUT2D eigenvalue weighted by Crippen LogP contribution is 2.01. The van der Waals surface area contributed by atoms with E-state index in [4.69, 9.17) is 9.47 Å². The molecule has 0 aromatic carbocycles. The first kappa shape index (κ1) is 16.7. The third kappa shape index (κ3) is 6.70. The summed E-state index contributed by atoms with van der Waals surface area (Å²) in [5, 5.41) is 6.14. The van der Waals surface area contributed by atoms with Crippen LogP contribution in [0.25, 0.3) is 0 Å². The van der Waals surface area contributed by atoms with E-state index in [1.165, 1.54) is 0 Å². The van der Waals surface area contributed by atoms with Crippen LogP contribution in [0.5, 0.6) is 0 Å². The molecule has 1 aromatic heterocycles. The van der Waals surface area contributed by atoms with E-state index in [1.54, 1.807) is 14.2 Å². The summed E-state index contributed by atoms with van der Waals surface area (Å²) in [5.74, 6) is -0.0101. The van der Waals surface area contributed by atoms with E-state index in [0.717, 1.165) is 18.7 Å². The van der Waals surface area contributed by atoms with Crippen LogP contribution in [0.1, 0.15) is 12.5 Å². The van der Waals surface area contributed by atoms with Crippen molar-refractivity contribution in [3.8, 4) is 0 Å². The Bertz CT molecular complexity index is 393. The molecule has 0 aliphatic rings. The third-order valence-corrected chi connectivity index (χ3v) is 2.77. The standard InChI is InChI=1S/C14H25N3O3/c1-12(11-20-3)16-14(18)10-17-6-4-13(9-17)8-15-5-7-19-2/h4,6,9,12,15H,5,7-8,10-11H2,1-3H3,(H,16,18). The summed E-state index contributed by atoms with van der Waals surface area (Å²) < 4.78 is 11.8. The number of hydrogen-bond donors (Lipinski definition) is 2. The number of hydrogen-bond acceptors (Lipinski definition) is 4. The molecule has 0 saturated heterocycles. The molecular weight excluding hydrogens is 258 g/mol. The quantitative estimate of drug-likeness (QED) is 0.609. The molecule has 0 saturated carbocycles. The largest absolute Gasteiger partial charge is 0.383 e. The van der Waals surface area contributed by atoms with Crippen LogP contribution in [0.4, 0.5) is 0 Å². The van der Waals surface area contributed by atoms with Gasteiger partial charge in [0.2, 0.25) is 5.91 Å². The summed E-state index contributed by atoms with van der Waals surface area (Å²) in [4.78, 5) is 11.8. The van der Waals surface area contributed by atoms with Crippen molar-refractivity contribution >= 4 is 5.91 Å². The maximum absolute atomic E-state index is 11.8. The normalized spacial score (nSPS) is 12.3. The topological polar surface area (TPSA) is 64.5 Å². The molecule has 6 heteroatoms. The second-order valence-electron chi connectivity index (χ2n) is 4.79. The lowest BCUT2D eigenvalue weighted by Gasteiger charge is -2.12. The lowest BCUT2D eigenvalue weighted by atomic mass is 10.3. The maximum Gasteiger partial charge on any atom is 0.240 e. The Hall–Kier alpha value is -1.37. The zero-order valence-electron chi connectivity index (χ0n) is 12.5. The van der Waals surface area contributed by atoms with Gasteiger partial charge >= 0.3 is 0 Å². The Morgan fingerprint density at radius 3 is 2.90 bits per heavy atom. The van der Waals surface area contributed by atoms with Gasteiger partial charge in [-0.2, -0.15) is 0 Å². The first-order valence-electron chi connectivity index (χ1n) is 6.78. The Balaban J connectivity index is 2.30. The zero-order valence-corrected chi connectivity index (χ0v) is 12.5. The number of nitrogens with zero attached hydrogens (tertiary/aromatic N) is 1. The van der Waals surface area contributed by atoms with Gasteiger partial charge in [0.1, 0.15) is 6.54 Å². The van der Waals surface area contributed by atoms with Crippen LogP contribution in [-0.4, -0.2) is 50.5 Å². The SMILES string of the molecule is COCCNCc1ccn(CC(=O)NC(C)COC)c1. The molecule has 0 spiro atoms. The number of nitrogens with one attached hydrogen (secondary N) is 2. The van der Waals surface area contributed by atoms with Gasteiger partial charge in [-0.05, 0) is 18.6 Å². The van der Waals surface area contributed by atoms with Gasteiger partial charge in [-0.1, -0.05) is 0 Å². The predicted octanol–water partition coefficient (Wildman–Crippen LogP) is 0.375. The highest BCUT2D eigenvalue weighted by molar-refractivity contribution is 5.76. The number of methoxy groups -OCH3 is 2. The van der Waals surface area contributed by atoms with Crippen molar-refractivity contribution in [1.82, 2.24) is 15.2 Å². The van der Waals surface area contributed by atoms with Crippen molar-refractivity contribution in [3.63, 3.8) is 0 Å². The van der Waals surface area contributed by atoms with Gasteiger partial charge in [-0.3, -0.25) is 4.79 Å². The van der Waals surface area contributed by atoms with Crippen molar-refractivity contribution in [2.24, 2.45) is 0 Å². The molecule has 1 aromatic rings. The van der Waals surface area contributed by atoms with E-state index < -0.39 is 0 Å². The van der Waals surface area contributed by atoms with Gasteiger partial charge in [0.05, 0.1) is 13.2 Å². The first-order valence-corrected chi connectivity index (χ1v) is 6.78. The molecule has 1 atom stereocenters. The third-order valence-electron chi connectivity index (χ3n) is 2.77. The Labute approximate surface area is 120 Å². The molecule has 0 aliphatic carbocycles. The highest BCUT2D eigenvalue weighted by atomic mass is 16.5. The number of amides is 1. The average molecular weight is 283 g/mol. The van der Waals surface area contributed by atoms with Crippen LogP contribution < -0.4 is 10.6 Å².